The number of aliphatic hydroxyl groups excluding tert-OH is 1. The molecular formula is C22H36O4. The lowest BCUT2D eigenvalue weighted by Gasteiger charge is -2.62. The second kappa shape index (κ2) is 6.72. The first-order valence-electron chi connectivity index (χ1n) is 10.1. The molecule has 0 aliphatic heterocycles. The van der Waals surface area contributed by atoms with Crippen molar-refractivity contribution in [1.29, 1.82) is 0 Å². The first-order valence-corrected chi connectivity index (χ1v) is 10.1. The Bertz CT molecular complexity index is 574. The third kappa shape index (κ3) is 2.56. The van der Waals surface area contributed by atoms with Crippen LogP contribution in [0.15, 0.2) is 12.7 Å². The van der Waals surface area contributed by atoms with Gasteiger partial charge in [-0.3, -0.25) is 4.79 Å². The van der Waals surface area contributed by atoms with Crippen LogP contribution >= 0.6 is 0 Å². The topological polar surface area (TPSA) is 55.8 Å². The molecule has 0 saturated heterocycles. The van der Waals surface area contributed by atoms with Crippen molar-refractivity contribution in [2.45, 2.75) is 72.0 Å². The van der Waals surface area contributed by atoms with E-state index in [-0.39, 0.29) is 41.0 Å². The van der Waals surface area contributed by atoms with Crippen molar-refractivity contribution < 1.29 is 19.4 Å². The van der Waals surface area contributed by atoms with Gasteiger partial charge in [0, 0.05) is 30.3 Å². The van der Waals surface area contributed by atoms with E-state index in [1.165, 1.54) is 0 Å². The maximum absolute atomic E-state index is 13.1. The predicted octanol–water partition coefficient (Wildman–Crippen LogP) is 3.97. The molecule has 2 bridgehead atoms. The molecule has 148 valence electrons. The molecule has 1 N–H and O–H groups in total. The Kier molecular flexibility index (Phi) is 5.18. The number of carbonyl (C=O) groups is 1. The largest absolute Gasteiger partial charge is 0.392 e. The van der Waals surface area contributed by atoms with Crippen LogP contribution in [0.5, 0.6) is 0 Å². The summed E-state index contributed by atoms with van der Waals surface area (Å²) in [5.41, 5.74) is -0.835. The van der Waals surface area contributed by atoms with Gasteiger partial charge in [-0.2, -0.15) is 0 Å². The molecule has 4 nitrogen and oxygen atoms in total. The number of carbonyl (C=O) groups excluding carboxylic acids is 1. The van der Waals surface area contributed by atoms with Gasteiger partial charge in [0.15, 0.2) is 0 Å². The molecule has 0 aromatic carbocycles. The Hall–Kier alpha value is -0.710. The molecule has 3 saturated carbocycles. The molecule has 8 atom stereocenters. The Morgan fingerprint density at radius 2 is 2.00 bits per heavy atom. The van der Waals surface area contributed by atoms with Gasteiger partial charge in [0.25, 0.3) is 0 Å². The van der Waals surface area contributed by atoms with Crippen molar-refractivity contribution in [2.75, 3.05) is 13.9 Å². The Morgan fingerprint density at radius 3 is 2.62 bits per heavy atom. The first-order chi connectivity index (χ1) is 12.2. The molecule has 3 aliphatic rings. The molecule has 3 fully saturated rings. The van der Waals surface area contributed by atoms with Gasteiger partial charge in [-0.25, -0.2) is 0 Å². The van der Waals surface area contributed by atoms with E-state index in [4.69, 9.17) is 9.47 Å². The summed E-state index contributed by atoms with van der Waals surface area (Å²) < 4.78 is 11.4. The van der Waals surface area contributed by atoms with Gasteiger partial charge in [-0.15, -0.1) is 6.58 Å². The lowest BCUT2D eigenvalue weighted by atomic mass is 9.44. The van der Waals surface area contributed by atoms with Crippen molar-refractivity contribution in [2.24, 2.45) is 34.0 Å². The molecule has 0 spiro atoms. The highest BCUT2D eigenvalue weighted by Crippen LogP contribution is 2.67. The molecular weight excluding hydrogens is 328 g/mol. The number of rotatable bonds is 4. The van der Waals surface area contributed by atoms with Crippen molar-refractivity contribution in [3.63, 3.8) is 0 Å². The van der Waals surface area contributed by atoms with Gasteiger partial charge < -0.3 is 14.6 Å². The highest BCUT2D eigenvalue weighted by atomic mass is 16.7. The Morgan fingerprint density at radius 1 is 1.31 bits per heavy atom. The maximum atomic E-state index is 13.1. The minimum atomic E-state index is -0.548. The monoisotopic (exact) mass is 364 g/mol. The summed E-state index contributed by atoms with van der Waals surface area (Å²) >= 11 is 0. The molecule has 4 heteroatoms. The van der Waals surface area contributed by atoms with E-state index in [0.29, 0.717) is 24.5 Å². The second-order valence-corrected chi connectivity index (χ2v) is 9.65. The predicted molar refractivity (Wildman–Crippen MR) is 102 cm³/mol. The number of hydrogen-bond donors (Lipinski definition) is 1. The Balaban J connectivity index is 2.16. The molecule has 0 heterocycles. The van der Waals surface area contributed by atoms with Crippen molar-refractivity contribution in [3.05, 3.63) is 12.7 Å². The van der Waals surface area contributed by atoms with Gasteiger partial charge in [-0.1, -0.05) is 33.8 Å². The molecule has 2 unspecified atom stereocenters. The first kappa shape index (κ1) is 20.0. The quantitative estimate of drug-likeness (QED) is 0.606. The van der Waals surface area contributed by atoms with Crippen molar-refractivity contribution in [1.82, 2.24) is 0 Å². The van der Waals surface area contributed by atoms with E-state index >= 15 is 0 Å². The fraction of sp³-hybridized carbons (Fsp3) is 0.864. The number of ether oxygens (including phenoxy) is 2. The zero-order valence-electron chi connectivity index (χ0n) is 17.1. The van der Waals surface area contributed by atoms with E-state index in [1.54, 1.807) is 7.11 Å². The smallest absolute Gasteiger partial charge is 0.146 e. The van der Waals surface area contributed by atoms with Crippen molar-refractivity contribution >= 4 is 5.78 Å². The van der Waals surface area contributed by atoms with Crippen LogP contribution in [0.3, 0.4) is 0 Å². The molecule has 3 rings (SSSR count). The summed E-state index contributed by atoms with van der Waals surface area (Å²) in [7, 11) is 1.63. The minimum Gasteiger partial charge on any atom is -0.392 e. The van der Waals surface area contributed by atoms with Gasteiger partial charge in [0.2, 0.25) is 0 Å². The van der Waals surface area contributed by atoms with Crippen molar-refractivity contribution in [3.8, 4) is 0 Å². The maximum Gasteiger partial charge on any atom is 0.146 e. The molecule has 0 aromatic heterocycles. The summed E-state index contributed by atoms with van der Waals surface area (Å²) in [6, 6.07) is 0. The normalized spacial score (nSPS) is 51.5. The molecule has 0 amide bonds. The van der Waals surface area contributed by atoms with Crippen LogP contribution < -0.4 is 0 Å². The summed E-state index contributed by atoms with van der Waals surface area (Å²) in [5, 5.41) is 11.4. The zero-order chi connectivity index (χ0) is 19.3. The molecule has 0 aromatic rings. The SMILES string of the molecule is C=C[C@]1(C)C[C@@H](O)[C@@]2(C)C3C(=O)CCC3(CC[C@H]2C)[C@@H](C)[C@@H]1OCOC. The van der Waals surface area contributed by atoms with E-state index in [9.17, 15) is 9.90 Å². The number of ketones is 1. The standard InChI is InChI=1S/C22H36O4/c1-7-20(4)12-17(24)21(5)14(2)8-10-22(11-9-16(23)18(21)22)15(3)19(20)26-13-25-6/h7,14-15,17-19,24H,1,8-13H2,2-6H3/t14-,15+,17-,18?,19+,20-,21+,22?/m1/s1. The fourth-order valence-electron chi connectivity index (χ4n) is 6.82. The summed E-state index contributed by atoms with van der Waals surface area (Å²) in [5.74, 6) is 0.802. The summed E-state index contributed by atoms with van der Waals surface area (Å²) in [6.45, 7) is 13.1. The summed E-state index contributed by atoms with van der Waals surface area (Å²) in [4.78, 5) is 13.1. The number of Topliss-reactive ketones (excluding diaryl/α,β-unsaturated/α-hetero) is 1. The number of aliphatic hydroxyl groups is 1. The van der Waals surface area contributed by atoms with E-state index < -0.39 is 6.10 Å². The van der Waals surface area contributed by atoms with Crippen LogP contribution in [0, 0.1) is 34.0 Å². The average molecular weight is 365 g/mol. The van der Waals surface area contributed by atoms with Gasteiger partial charge in [0.05, 0.1) is 12.2 Å². The van der Waals surface area contributed by atoms with Crippen LogP contribution in [0.4, 0.5) is 0 Å². The van der Waals surface area contributed by atoms with E-state index in [2.05, 4.69) is 34.3 Å². The van der Waals surface area contributed by atoms with Gasteiger partial charge >= 0.3 is 0 Å². The fourth-order valence-corrected chi connectivity index (χ4v) is 6.82. The Labute approximate surface area is 158 Å². The summed E-state index contributed by atoms with van der Waals surface area (Å²) in [6.07, 6.45) is 5.48. The van der Waals surface area contributed by atoms with Crippen LogP contribution in [0.1, 0.15) is 59.8 Å². The third-order valence-corrected chi connectivity index (χ3v) is 8.65. The lowest BCUT2D eigenvalue weighted by molar-refractivity contribution is -0.214. The van der Waals surface area contributed by atoms with E-state index in [1.807, 2.05) is 6.08 Å². The molecule has 0 radical (unpaired) electrons. The van der Waals surface area contributed by atoms with Gasteiger partial charge in [0.1, 0.15) is 12.6 Å². The molecule has 26 heavy (non-hydrogen) atoms. The number of hydrogen-bond acceptors (Lipinski definition) is 4. The van der Waals surface area contributed by atoms with Gasteiger partial charge in [-0.05, 0) is 42.9 Å². The molecule has 3 aliphatic carbocycles. The van der Waals surface area contributed by atoms with Crippen LogP contribution in [-0.2, 0) is 14.3 Å². The van der Waals surface area contributed by atoms with Crippen LogP contribution in [-0.4, -0.2) is 37.0 Å². The highest BCUT2D eigenvalue weighted by molar-refractivity contribution is 5.85. The third-order valence-electron chi connectivity index (χ3n) is 8.65. The van der Waals surface area contributed by atoms with Crippen LogP contribution in [0.2, 0.25) is 0 Å². The lowest BCUT2D eigenvalue weighted by Crippen LogP contribution is -2.62. The minimum absolute atomic E-state index is 0.0771. The zero-order valence-corrected chi connectivity index (χ0v) is 17.1. The van der Waals surface area contributed by atoms with Crippen LogP contribution in [0.25, 0.3) is 0 Å². The number of methoxy groups -OCH3 is 1. The highest BCUT2D eigenvalue weighted by Gasteiger charge is 2.67. The van der Waals surface area contributed by atoms with E-state index in [0.717, 1.165) is 19.3 Å². The second-order valence-electron chi connectivity index (χ2n) is 9.65. The average Bonchev–Trinajstić information content (AvgIpc) is 2.96.